The molecule has 0 unspecified atom stereocenters. The molecule has 0 radical (unpaired) electrons. The molecule has 1 saturated heterocycles. The summed E-state index contributed by atoms with van der Waals surface area (Å²) in [7, 11) is 0. The molecule has 1 fully saturated rings. The molecule has 1 nitrogen and oxygen atoms in total. The van der Waals surface area contributed by atoms with E-state index in [1.165, 1.54) is 53.9 Å². The van der Waals surface area contributed by atoms with Crippen LogP contribution in [0.4, 0.5) is 0 Å². The second-order valence-electron chi connectivity index (χ2n) is 4.35. The van der Waals surface area contributed by atoms with Crippen LogP contribution in [0.5, 0.6) is 0 Å². The molecule has 0 aromatic heterocycles. The van der Waals surface area contributed by atoms with E-state index >= 15 is 0 Å². The zero-order chi connectivity index (χ0) is 11.9. The molecule has 2 rings (SSSR count). The first-order valence-electron chi connectivity index (χ1n) is 6.32. The molecule has 0 amide bonds. The Labute approximate surface area is 117 Å². The van der Waals surface area contributed by atoms with Gasteiger partial charge in [0.05, 0.1) is 0 Å². The average Bonchev–Trinajstić information content (AvgIpc) is 2.89. The van der Waals surface area contributed by atoms with E-state index in [9.17, 15) is 0 Å². The predicted molar refractivity (Wildman–Crippen MR) is 72.2 cm³/mol. The fourth-order valence-electron chi connectivity index (χ4n) is 2.05. The van der Waals surface area contributed by atoms with Crippen LogP contribution >= 0.6 is 11.8 Å². The van der Waals surface area contributed by atoms with E-state index in [1.54, 1.807) is 0 Å². The van der Waals surface area contributed by atoms with Gasteiger partial charge in [0.1, 0.15) is 0 Å². The summed E-state index contributed by atoms with van der Waals surface area (Å²) in [5.74, 6) is 1.21. The molecule has 1 aromatic carbocycles. The second-order valence-corrected chi connectivity index (χ2v) is 6.26. The minimum absolute atomic E-state index is 1.21. The Morgan fingerprint density at radius 3 is 2.59 bits per heavy atom. The molecular weight excluding hydrogens is 266 g/mol. The van der Waals surface area contributed by atoms with Gasteiger partial charge in [0.2, 0.25) is 0 Å². The number of benzene rings is 1. The summed E-state index contributed by atoms with van der Waals surface area (Å²) >= 11 is 5.21. The van der Waals surface area contributed by atoms with Crippen molar-refractivity contribution in [3.63, 3.8) is 0 Å². The normalized spacial score (nSPS) is 16.2. The van der Waals surface area contributed by atoms with Crippen molar-refractivity contribution in [1.82, 2.24) is 4.90 Å². The van der Waals surface area contributed by atoms with Crippen LogP contribution in [-0.2, 0) is 15.9 Å². The molecule has 92 valence electrons. The fourth-order valence-corrected chi connectivity index (χ4v) is 3.44. The maximum absolute atomic E-state index is 3.25. The average molecular weight is 285 g/mol. The first-order valence-corrected chi connectivity index (χ1v) is 7.94. The second kappa shape index (κ2) is 7.39. The third kappa shape index (κ3) is 4.60. The quantitative estimate of drug-likeness (QED) is 0.582. The molecule has 0 spiro atoms. The standard InChI is InChI=1S/C14H19NS.Cr/c1-2-8-14(9-3-1)16-13-7-6-12-15-10-4-5-11-15;/h1-3,8-9H,4-7,10-11,13H2;. The molecular formula is C14H19CrNS. The summed E-state index contributed by atoms with van der Waals surface area (Å²) < 4.78 is 1.47. The van der Waals surface area contributed by atoms with Crippen molar-refractivity contribution in [2.45, 2.75) is 30.6 Å². The van der Waals surface area contributed by atoms with Crippen molar-refractivity contribution in [1.29, 1.82) is 0 Å². The van der Waals surface area contributed by atoms with Gasteiger partial charge < -0.3 is 0 Å². The molecule has 0 bridgehead atoms. The molecule has 1 heterocycles. The van der Waals surface area contributed by atoms with Gasteiger partial charge in [-0.1, -0.05) is 0 Å². The number of rotatable bonds is 6. The van der Waals surface area contributed by atoms with Gasteiger partial charge in [-0.05, 0) is 0 Å². The Kier molecular flexibility index (Phi) is 5.81. The van der Waals surface area contributed by atoms with Gasteiger partial charge >= 0.3 is 117 Å². The van der Waals surface area contributed by atoms with Gasteiger partial charge in [-0.25, -0.2) is 0 Å². The van der Waals surface area contributed by atoms with Crippen molar-refractivity contribution >= 4 is 16.3 Å². The zero-order valence-corrected chi connectivity index (χ0v) is 12.2. The summed E-state index contributed by atoms with van der Waals surface area (Å²) in [5, 5.41) is 0. The molecule has 1 aliphatic rings. The first kappa shape index (κ1) is 13.4. The van der Waals surface area contributed by atoms with Crippen LogP contribution in [0.3, 0.4) is 0 Å². The van der Waals surface area contributed by atoms with Crippen molar-refractivity contribution in [3.05, 3.63) is 30.3 Å². The number of hydrogen-bond acceptors (Lipinski definition) is 2. The molecule has 1 aliphatic heterocycles. The van der Waals surface area contributed by atoms with Crippen LogP contribution in [0.1, 0.15) is 25.7 Å². The van der Waals surface area contributed by atoms with Crippen LogP contribution < -0.4 is 0 Å². The van der Waals surface area contributed by atoms with Gasteiger partial charge in [0, 0.05) is 0 Å². The van der Waals surface area contributed by atoms with E-state index in [0.717, 1.165) is 0 Å². The number of nitrogens with zero attached hydrogens (tertiary/aromatic N) is 1. The summed E-state index contributed by atoms with van der Waals surface area (Å²) in [4.78, 5) is 3.89. The van der Waals surface area contributed by atoms with E-state index in [2.05, 4.69) is 51.1 Å². The Hall–Kier alpha value is -0.0675. The monoisotopic (exact) mass is 285 g/mol. The van der Waals surface area contributed by atoms with Crippen LogP contribution in [0.2, 0.25) is 0 Å². The Morgan fingerprint density at radius 1 is 1.18 bits per heavy atom. The van der Waals surface area contributed by atoms with E-state index in [1.807, 2.05) is 11.8 Å². The fraction of sp³-hybridized carbons (Fsp3) is 0.500. The van der Waals surface area contributed by atoms with E-state index in [-0.39, 0.29) is 0 Å². The summed E-state index contributed by atoms with van der Waals surface area (Å²) in [6, 6.07) is 10.7. The number of hydrogen-bond donors (Lipinski definition) is 0. The predicted octanol–water partition coefficient (Wildman–Crippen LogP) is 3.33. The Balaban J connectivity index is 1.61. The molecule has 0 saturated carbocycles. The van der Waals surface area contributed by atoms with Gasteiger partial charge in [-0.2, -0.15) is 0 Å². The van der Waals surface area contributed by atoms with Crippen LogP contribution in [-0.4, -0.2) is 28.2 Å². The van der Waals surface area contributed by atoms with Crippen LogP contribution in [0, 0.1) is 0 Å². The summed E-state index contributed by atoms with van der Waals surface area (Å²) in [6.07, 6.45) is 5.20. The first-order chi connectivity index (χ1) is 8.36. The van der Waals surface area contributed by atoms with Crippen molar-refractivity contribution in [2.75, 3.05) is 18.8 Å². The van der Waals surface area contributed by atoms with Gasteiger partial charge in [0.15, 0.2) is 0 Å². The van der Waals surface area contributed by atoms with Gasteiger partial charge in [-0.15, -0.1) is 0 Å². The molecule has 0 aliphatic carbocycles. The zero-order valence-electron chi connectivity index (χ0n) is 10.1. The Bertz CT molecular complexity index is 346. The maximum atomic E-state index is 3.25. The third-order valence-electron chi connectivity index (χ3n) is 3.01. The summed E-state index contributed by atoms with van der Waals surface area (Å²) in [6.45, 7) is 2.52. The molecule has 0 N–H and O–H groups in total. The van der Waals surface area contributed by atoms with Gasteiger partial charge in [0.25, 0.3) is 0 Å². The van der Waals surface area contributed by atoms with Gasteiger partial charge in [-0.3, -0.25) is 0 Å². The topological polar surface area (TPSA) is 3.24 Å². The van der Waals surface area contributed by atoms with E-state index in [0.29, 0.717) is 0 Å². The molecule has 0 atom stereocenters. The molecule has 1 aromatic rings. The number of thioether (sulfide) groups is 1. The van der Waals surface area contributed by atoms with Crippen molar-refractivity contribution in [3.8, 4) is 0 Å². The SMILES string of the molecule is [Cr]=[C](CCCSc1ccccc1)N1CCCC1. The van der Waals surface area contributed by atoms with E-state index in [4.69, 9.17) is 0 Å². The van der Waals surface area contributed by atoms with E-state index < -0.39 is 0 Å². The Morgan fingerprint density at radius 2 is 1.88 bits per heavy atom. The summed E-state index contributed by atoms with van der Waals surface area (Å²) in [5.41, 5.74) is 0. The number of likely N-dealkylation sites (tertiary alicyclic amines) is 1. The van der Waals surface area contributed by atoms with Crippen molar-refractivity contribution in [2.24, 2.45) is 0 Å². The van der Waals surface area contributed by atoms with Crippen LogP contribution in [0.15, 0.2) is 35.2 Å². The third-order valence-corrected chi connectivity index (χ3v) is 4.83. The minimum atomic E-state index is 1.21. The molecule has 17 heavy (non-hydrogen) atoms. The molecule has 3 heteroatoms. The van der Waals surface area contributed by atoms with Crippen molar-refractivity contribution < 1.29 is 15.9 Å². The van der Waals surface area contributed by atoms with Crippen LogP contribution in [0.25, 0.3) is 0 Å².